The van der Waals surface area contributed by atoms with Crippen LogP contribution in [0.3, 0.4) is 0 Å². The fraction of sp³-hybridized carbons (Fsp3) is 0.444. The molecule has 4 nitrogen and oxygen atoms in total. The van der Waals surface area contributed by atoms with Gasteiger partial charge in [0, 0.05) is 31.1 Å². The molecule has 1 unspecified atom stereocenters. The number of halogens is 1. The number of amides is 1. The highest BCUT2D eigenvalue weighted by atomic mass is 32.1. The van der Waals surface area contributed by atoms with Crippen LogP contribution < -0.4 is 5.32 Å². The number of hydrogen-bond donors (Lipinski definition) is 1. The van der Waals surface area contributed by atoms with E-state index in [1.807, 2.05) is 18.3 Å². The van der Waals surface area contributed by atoms with Gasteiger partial charge in [0.15, 0.2) is 5.13 Å². The zero-order valence-electron chi connectivity index (χ0n) is 13.8. The molecule has 0 saturated carbocycles. The van der Waals surface area contributed by atoms with Gasteiger partial charge in [-0.2, -0.15) is 0 Å². The van der Waals surface area contributed by atoms with Crippen molar-refractivity contribution in [3.8, 4) is 0 Å². The third kappa shape index (κ3) is 4.85. The van der Waals surface area contributed by atoms with Crippen molar-refractivity contribution < 1.29 is 9.18 Å². The van der Waals surface area contributed by atoms with Crippen LogP contribution in [0.5, 0.6) is 0 Å². The second-order valence-corrected chi connectivity index (χ2v) is 7.50. The highest BCUT2D eigenvalue weighted by molar-refractivity contribution is 7.15. The summed E-state index contributed by atoms with van der Waals surface area (Å²) in [6, 6.07) is 6.85. The Hall–Kier alpha value is -1.79. The summed E-state index contributed by atoms with van der Waals surface area (Å²) in [6.45, 7) is 4.50. The molecule has 0 aliphatic carbocycles. The van der Waals surface area contributed by atoms with Crippen LogP contribution in [0.25, 0.3) is 0 Å². The highest BCUT2D eigenvalue weighted by Crippen LogP contribution is 2.25. The van der Waals surface area contributed by atoms with Crippen molar-refractivity contribution in [2.24, 2.45) is 5.92 Å². The monoisotopic (exact) mass is 347 g/mol. The van der Waals surface area contributed by atoms with Crippen LogP contribution in [0, 0.1) is 11.7 Å². The number of nitrogens with zero attached hydrogens (tertiary/aromatic N) is 2. The van der Waals surface area contributed by atoms with Gasteiger partial charge in [0.2, 0.25) is 5.91 Å². The van der Waals surface area contributed by atoms with E-state index in [4.69, 9.17) is 0 Å². The van der Waals surface area contributed by atoms with E-state index in [9.17, 15) is 9.18 Å². The third-order valence-electron chi connectivity index (χ3n) is 4.26. The number of likely N-dealkylation sites (tertiary alicyclic amines) is 1. The molecule has 1 amide bonds. The maximum atomic E-state index is 13.0. The number of rotatable bonds is 5. The molecule has 2 heterocycles. The van der Waals surface area contributed by atoms with Crippen molar-refractivity contribution in [2.75, 3.05) is 18.4 Å². The van der Waals surface area contributed by atoms with Crippen molar-refractivity contribution in [1.29, 1.82) is 0 Å². The lowest BCUT2D eigenvalue weighted by Crippen LogP contribution is -2.35. The number of piperidine rings is 1. The average molecular weight is 347 g/mol. The van der Waals surface area contributed by atoms with Gasteiger partial charge in [0.1, 0.15) is 5.82 Å². The number of benzene rings is 1. The van der Waals surface area contributed by atoms with Crippen LogP contribution >= 0.6 is 11.3 Å². The zero-order valence-corrected chi connectivity index (χ0v) is 14.6. The van der Waals surface area contributed by atoms with E-state index in [2.05, 4.69) is 15.2 Å². The Bertz CT molecular complexity index is 686. The second-order valence-electron chi connectivity index (χ2n) is 6.39. The van der Waals surface area contributed by atoms with Crippen molar-refractivity contribution in [2.45, 2.75) is 32.7 Å². The summed E-state index contributed by atoms with van der Waals surface area (Å²) in [4.78, 5) is 18.9. The molecule has 1 saturated heterocycles. The second kappa shape index (κ2) is 7.85. The molecule has 24 heavy (non-hydrogen) atoms. The SMILES string of the molecule is CC(=O)Nc1ncc(CN2CCCC(Cc3ccc(F)cc3)C2)s1. The maximum absolute atomic E-state index is 13.0. The molecule has 2 aromatic rings. The standard InChI is InChI=1S/C18H22FN3OS/c1-13(23)21-18-20-10-17(24-18)12-22-8-2-3-15(11-22)9-14-4-6-16(19)7-5-14/h4-7,10,15H,2-3,8-9,11-12H2,1H3,(H,20,21,23). The van der Waals surface area contributed by atoms with E-state index in [0.717, 1.165) is 26.1 Å². The minimum Gasteiger partial charge on any atom is -0.302 e. The molecular formula is C18H22FN3OS. The number of carbonyl (C=O) groups excluding carboxylic acids is 1. The Kier molecular flexibility index (Phi) is 5.58. The molecule has 3 rings (SSSR count). The van der Waals surface area contributed by atoms with Gasteiger partial charge in [-0.05, 0) is 49.4 Å². The fourth-order valence-electron chi connectivity index (χ4n) is 3.22. The third-order valence-corrected chi connectivity index (χ3v) is 5.15. The molecule has 1 N–H and O–H groups in total. The van der Waals surface area contributed by atoms with Crippen LogP contribution in [0.1, 0.15) is 30.2 Å². The van der Waals surface area contributed by atoms with Crippen molar-refractivity contribution in [1.82, 2.24) is 9.88 Å². The van der Waals surface area contributed by atoms with Gasteiger partial charge in [0.25, 0.3) is 0 Å². The van der Waals surface area contributed by atoms with Crippen LogP contribution in [-0.2, 0) is 17.8 Å². The van der Waals surface area contributed by atoms with Gasteiger partial charge in [-0.15, -0.1) is 11.3 Å². The van der Waals surface area contributed by atoms with E-state index >= 15 is 0 Å². The quantitative estimate of drug-likeness (QED) is 0.897. The van der Waals surface area contributed by atoms with Gasteiger partial charge < -0.3 is 5.32 Å². The minimum absolute atomic E-state index is 0.0896. The first kappa shape index (κ1) is 17.0. The number of aromatic nitrogens is 1. The highest BCUT2D eigenvalue weighted by Gasteiger charge is 2.21. The van der Waals surface area contributed by atoms with Crippen LogP contribution in [0.15, 0.2) is 30.5 Å². The van der Waals surface area contributed by atoms with E-state index in [0.29, 0.717) is 11.0 Å². The number of hydrogen-bond acceptors (Lipinski definition) is 4. The zero-order chi connectivity index (χ0) is 16.9. The first-order chi connectivity index (χ1) is 11.6. The van der Waals surface area contributed by atoms with Crippen LogP contribution in [0.4, 0.5) is 9.52 Å². The lowest BCUT2D eigenvalue weighted by atomic mass is 9.91. The molecular weight excluding hydrogens is 325 g/mol. The number of carbonyl (C=O) groups is 1. The molecule has 1 atom stereocenters. The van der Waals surface area contributed by atoms with E-state index in [1.165, 1.54) is 53.7 Å². The molecule has 1 aliphatic heterocycles. The summed E-state index contributed by atoms with van der Waals surface area (Å²) < 4.78 is 13.0. The van der Waals surface area contributed by atoms with Crippen molar-refractivity contribution in [3.63, 3.8) is 0 Å². The van der Waals surface area contributed by atoms with Gasteiger partial charge in [0.05, 0.1) is 0 Å². The number of nitrogens with one attached hydrogen (secondary N) is 1. The topological polar surface area (TPSA) is 45.2 Å². The van der Waals surface area contributed by atoms with Crippen molar-refractivity contribution in [3.05, 3.63) is 46.7 Å². The molecule has 1 fully saturated rings. The summed E-state index contributed by atoms with van der Waals surface area (Å²) in [7, 11) is 0. The lowest BCUT2D eigenvalue weighted by molar-refractivity contribution is -0.114. The molecule has 1 aromatic carbocycles. The molecule has 6 heteroatoms. The lowest BCUT2D eigenvalue weighted by Gasteiger charge is -2.32. The Balaban J connectivity index is 1.54. The predicted octanol–water partition coefficient (Wildman–Crippen LogP) is 3.70. The first-order valence-corrected chi connectivity index (χ1v) is 9.09. The minimum atomic E-state index is -0.177. The summed E-state index contributed by atoms with van der Waals surface area (Å²) in [5, 5.41) is 3.39. The molecule has 0 spiro atoms. The van der Waals surface area contributed by atoms with Gasteiger partial charge in [-0.3, -0.25) is 9.69 Å². The van der Waals surface area contributed by atoms with Crippen LogP contribution in [0.2, 0.25) is 0 Å². The summed E-state index contributed by atoms with van der Waals surface area (Å²) in [5.74, 6) is 0.337. The predicted molar refractivity (Wildman–Crippen MR) is 94.5 cm³/mol. The normalized spacial score (nSPS) is 18.5. The van der Waals surface area contributed by atoms with Crippen molar-refractivity contribution >= 4 is 22.4 Å². The van der Waals surface area contributed by atoms with Gasteiger partial charge >= 0.3 is 0 Å². The fourth-order valence-corrected chi connectivity index (χ4v) is 4.13. The van der Waals surface area contributed by atoms with E-state index < -0.39 is 0 Å². The Morgan fingerprint density at radius 1 is 1.42 bits per heavy atom. The van der Waals surface area contributed by atoms with Crippen LogP contribution in [-0.4, -0.2) is 28.9 Å². The van der Waals surface area contributed by atoms with Gasteiger partial charge in [-0.25, -0.2) is 9.37 Å². The average Bonchev–Trinajstić information content (AvgIpc) is 2.96. The summed E-state index contributed by atoms with van der Waals surface area (Å²) in [5.41, 5.74) is 1.20. The summed E-state index contributed by atoms with van der Waals surface area (Å²) in [6.07, 6.45) is 5.24. The number of anilines is 1. The summed E-state index contributed by atoms with van der Waals surface area (Å²) >= 11 is 1.54. The Morgan fingerprint density at radius 2 is 2.21 bits per heavy atom. The molecule has 0 radical (unpaired) electrons. The van der Waals surface area contributed by atoms with Gasteiger partial charge in [-0.1, -0.05) is 12.1 Å². The Morgan fingerprint density at radius 3 is 2.96 bits per heavy atom. The maximum Gasteiger partial charge on any atom is 0.223 e. The first-order valence-electron chi connectivity index (χ1n) is 8.27. The molecule has 0 bridgehead atoms. The largest absolute Gasteiger partial charge is 0.302 e. The number of thiazole rings is 1. The molecule has 1 aliphatic rings. The van der Waals surface area contributed by atoms with E-state index in [-0.39, 0.29) is 11.7 Å². The smallest absolute Gasteiger partial charge is 0.223 e. The van der Waals surface area contributed by atoms with E-state index in [1.54, 1.807) is 0 Å². The molecule has 1 aromatic heterocycles. The molecule has 128 valence electrons. The Labute approximate surface area is 145 Å².